The van der Waals surface area contributed by atoms with Crippen molar-refractivity contribution in [2.24, 2.45) is 0 Å². The summed E-state index contributed by atoms with van der Waals surface area (Å²) in [5.41, 5.74) is 1.66. The third-order valence-electron chi connectivity index (χ3n) is 3.83. The van der Waals surface area contributed by atoms with E-state index < -0.39 is 0 Å². The number of fused-ring (bicyclic) bond motifs is 1. The van der Waals surface area contributed by atoms with E-state index in [-0.39, 0.29) is 17.5 Å². The smallest absolute Gasteiger partial charge is 0.328 e. The second-order valence-electron chi connectivity index (χ2n) is 5.30. The summed E-state index contributed by atoms with van der Waals surface area (Å²) < 4.78 is 7.00. The number of rotatable bonds is 2. The molecule has 1 aliphatic rings. The average Bonchev–Trinajstić information content (AvgIpc) is 3.12. The number of nitrogens with zero attached hydrogens (tertiary/aromatic N) is 3. The molecule has 3 heterocycles. The number of benzene rings is 1. The number of aromatic amines is 1. The van der Waals surface area contributed by atoms with Gasteiger partial charge in [0.2, 0.25) is 0 Å². The number of hydrogen-bond donors (Lipinski definition) is 2. The minimum Gasteiger partial charge on any atom is -0.508 e. The Morgan fingerprint density at radius 1 is 1.41 bits per heavy atom. The van der Waals surface area contributed by atoms with Crippen LogP contribution in [0, 0.1) is 0 Å². The Morgan fingerprint density at radius 2 is 2.32 bits per heavy atom. The Bertz CT molecular complexity index is 893. The summed E-state index contributed by atoms with van der Waals surface area (Å²) in [7, 11) is 0. The summed E-state index contributed by atoms with van der Waals surface area (Å²) in [6.07, 6.45) is 2.38. The van der Waals surface area contributed by atoms with Crippen LogP contribution in [0.25, 0.3) is 22.6 Å². The maximum atomic E-state index is 12.2. The van der Waals surface area contributed by atoms with Gasteiger partial charge in [-0.1, -0.05) is 12.1 Å². The molecule has 7 heteroatoms. The van der Waals surface area contributed by atoms with Crippen molar-refractivity contribution in [1.82, 2.24) is 19.5 Å². The monoisotopic (exact) mass is 298 g/mol. The lowest BCUT2D eigenvalue weighted by Gasteiger charge is -2.09. The van der Waals surface area contributed by atoms with Crippen molar-refractivity contribution in [3.05, 3.63) is 40.9 Å². The number of aromatic nitrogens is 4. The summed E-state index contributed by atoms with van der Waals surface area (Å²) in [6.45, 7) is 1.16. The van der Waals surface area contributed by atoms with Crippen LogP contribution in [-0.2, 0) is 4.74 Å². The van der Waals surface area contributed by atoms with Gasteiger partial charge < -0.3 is 14.8 Å². The molecule has 7 nitrogen and oxygen atoms in total. The second-order valence-corrected chi connectivity index (χ2v) is 5.30. The van der Waals surface area contributed by atoms with Crippen LogP contribution in [0.1, 0.15) is 12.5 Å². The quantitative estimate of drug-likeness (QED) is 0.747. The Kier molecular flexibility index (Phi) is 2.93. The molecule has 2 N–H and O–H groups in total. The molecule has 112 valence electrons. The number of aromatic hydroxyl groups is 1. The number of phenolic OH excluding ortho intramolecular Hbond substituents is 1. The van der Waals surface area contributed by atoms with E-state index in [2.05, 4.69) is 15.0 Å². The lowest BCUT2D eigenvalue weighted by molar-refractivity contribution is 0.186. The van der Waals surface area contributed by atoms with Gasteiger partial charge in [-0.15, -0.1) is 0 Å². The zero-order valence-corrected chi connectivity index (χ0v) is 11.7. The van der Waals surface area contributed by atoms with Crippen molar-refractivity contribution in [3.63, 3.8) is 0 Å². The summed E-state index contributed by atoms with van der Waals surface area (Å²) in [5, 5.41) is 9.59. The number of ether oxygens (including phenoxy) is 1. The Labute approximate surface area is 125 Å². The zero-order chi connectivity index (χ0) is 15.1. The molecule has 1 fully saturated rings. The van der Waals surface area contributed by atoms with Gasteiger partial charge >= 0.3 is 5.69 Å². The van der Waals surface area contributed by atoms with Crippen LogP contribution in [0.15, 0.2) is 35.3 Å². The molecular formula is C15H14N4O3. The molecule has 0 spiro atoms. The van der Waals surface area contributed by atoms with E-state index in [0.29, 0.717) is 35.8 Å². The van der Waals surface area contributed by atoms with E-state index in [4.69, 9.17) is 4.74 Å². The zero-order valence-electron chi connectivity index (χ0n) is 11.7. The molecule has 0 saturated carbocycles. The van der Waals surface area contributed by atoms with E-state index in [1.807, 2.05) is 6.07 Å². The summed E-state index contributed by atoms with van der Waals surface area (Å²) in [6, 6.07) is 6.72. The summed E-state index contributed by atoms with van der Waals surface area (Å²) in [4.78, 5) is 23.7. The van der Waals surface area contributed by atoms with Gasteiger partial charge in [0.25, 0.3) is 0 Å². The van der Waals surface area contributed by atoms with Crippen molar-refractivity contribution in [2.75, 3.05) is 13.2 Å². The fourth-order valence-corrected chi connectivity index (χ4v) is 2.76. The molecule has 3 aromatic rings. The first-order valence-corrected chi connectivity index (χ1v) is 7.07. The van der Waals surface area contributed by atoms with Gasteiger partial charge in [0.1, 0.15) is 11.3 Å². The van der Waals surface area contributed by atoms with Gasteiger partial charge in [0, 0.05) is 12.2 Å². The third kappa shape index (κ3) is 2.06. The minimum atomic E-state index is -0.201. The maximum absolute atomic E-state index is 12.2. The summed E-state index contributed by atoms with van der Waals surface area (Å²) >= 11 is 0. The maximum Gasteiger partial charge on any atom is 0.328 e. The average molecular weight is 298 g/mol. The number of hydrogen-bond acceptors (Lipinski definition) is 5. The molecule has 0 radical (unpaired) electrons. The molecule has 2 aromatic heterocycles. The van der Waals surface area contributed by atoms with Crippen molar-refractivity contribution in [1.29, 1.82) is 0 Å². The van der Waals surface area contributed by atoms with Gasteiger partial charge in [-0.2, -0.15) is 0 Å². The molecule has 1 atom stereocenters. The number of nitrogens with one attached hydrogen (secondary N) is 1. The topological polar surface area (TPSA) is 93.0 Å². The van der Waals surface area contributed by atoms with Crippen LogP contribution in [0.3, 0.4) is 0 Å². The highest BCUT2D eigenvalue weighted by Gasteiger charge is 2.23. The van der Waals surface area contributed by atoms with Gasteiger partial charge in [-0.25, -0.2) is 14.8 Å². The fourth-order valence-electron chi connectivity index (χ4n) is 2.76. The summed E-state index contributed by atoms with van der Waals surface area (Å²) in [5.74, 6) is 0.618. The minimum absolute atomic E-state index is 0.00632. The van der Waals surface area contributed by atoms with E-state index >= 15 is 0 Å². The highest BCUT2D eigenvalue weighted by atomic mass is 16.5. The molecule has 22 heavy (non-hydrogen) atoms. The molecule has 1 saturated heterocycles. The third-order valence-corrected chi connectivity index (χ3v) is 3.83. The van der Waals surface area contributed by atoms with Crippen molar-refractivity contribution >= 4 is 11.2 Å². The molecule has 0 bridgehead atoms. The van der Waals surface area contributed by atoms with Gasteiger partial charge in [0.05, 0.1) is 18.8 Å². The van der Waals surface area contributed by atoms with Crippen LogP contribution < -0.4 is 5.69 Å². The first kappa shape index (κ1) is 13.0. The van der Waals surface area contributed by atoms with E-state index in [9.17, 15) is 9.90 Å². The van der Waals surface area contributed by atoms with Crippen LogP contribution >= 0.6 is 0 Å². The van der Waals surface area contributed by atoms with Crippen LogP contribution in [-0.4, -0.2) is 37.8 Å². The largest absolute Gasteiger partial charge is 0.508 e. The lowest BCUT2D eigenvalue weighted by Crippen LogP contribution is -2.22. The molecular weight excluding hydrogens is 284 g/mol. The van der Waals surface area contributed by atoms with Crippen molar-refractivity contribution in [2.45, 2.75) is 12.5 Å². The highest BCUT2D eigenvalue weighted by Crippen LogP contribution is 2.24. The molecule has 1 aromatic carbocycles. The Hall–Kier alpha value is -2.67. The molecule has 1 unspecified atom stereocenters. The molecule has 1 aliphatic heterocycles. The number of phenols is 1. The van der Waals surface area contributed by atoms with E-state index in [1.54, 1.807) is 29.0 Å². The SMILES string of the molecule is O=c1[nH]c2cnc(-c3cccc(O)c3)nc2n1C1CCOC1. The van der Waals surface area contributed by atoms with E-state index in [0.717, 1.165) is 6.42 Å². The van der Waals surface area contributed by atoms with Gasteiger partial charge in [0.15, 0.2) is 11.5 Å². The second kappa shape index (κ2) is 4.96. The molecule has 0 amide bonds. The van der Waals surface area contributed by atoms with Gasteiger partial charge in [-0.05, 0) is 18.6 Å². The van der Waals surface area contributed by atoms with Crippen LogP contribution in [0.2, 0.25) is 0 Å². The standard InChI is InChI=1S/C15H14N4O3/c20-11-3-1-2-9(6-11)13-16-7-12-14(18-13)19(15(21)17-12)10-4-5-22-8-10/h1-3,6-7,10,20H,4-5,8H2,(H,17,21). The van der Waals surface area contributed by atoms with Crippen molar-refractivity contribution in [3.8, 4) is 17.1 Å². The molecule has 4 rings (SSSR count). The fraction of sp³-hybridized carbons (Fsp3) is 0.267. The Balaban J connectivity index is 1.89. The van der Waals surface area contributed by atoms with E-state index in [1.165, 1.54) is 0 Å². The normalized spacial score (nSPS) is 18.1. The van der Waals surface area contributed by atoms with Crippen LogP contribution in [0.5, 0.6) is 5.75 Å². The predicted octanol–water partition coefficient (Wildman–Crippen LogP) is 1.45. The highest BCUT2D eigenvalue weighted by molar-refractivity contribution is 5.73. The first-order valence-electron chi connectivity index (χ1n) is 7.07. The first-order chi connectivity index (χ1) is 10.7. The number of H-pyrrole nitrogens is 1. The van der Waals surface area contributed by atoms with Gasteiger partial charge in [-0.3, -0.25) is 4.57 Å². The Morgan fingerprint density at radius 3 is 3.09 bits per heavy atom. The molecule has 0 aliphatic carbocycles. The number of imidazole rings is 1. The predicted molar refractivity (Wildman–Crippen MR) is 79.7 cm³/mol. The lowest BCUT2D eigenvalue weighted by atomic mass is 10.2. The van der Waals surface area contributed by atoms with Crippen LogP contribution in [0.4, 0.5) is 0 Å². The van der Waals surface area contributed by atoms with Crippen molar-refractivity contribution < 1.29 is 9.84 Å².